The maximum atomic E-state index is 8.65. The topological polar surface area (TPSA) is 36.7 Å². The highest BCUT2D eigenvalue weighted by Crippen LogP contribution is 2.10. The minimum Gasteiger partial charge on any atom is -0.263 e. The predicted octanol–water partition coefficient (Wildman–Crippen LogP) is 1.82. The molecule has 11 heavy (non-hydrogen) atoms. The lowest BCUT2D eigenvalue weighted by atomic mass is 10.1. The van der Waals surface area contributed by atoms with Crippen molar-refractivity contribution in [2.45, 2.75) is 20.3 Å². The number of hydrogen-bond acceptors (Lipinski definition) is 2. The first-order valence-electron chi connectivity index (χ1n) is 3.63. The molecule has 0 saturated heterocycles. The summed E-state index contributed by atoms with van der Waals surface area (Å²) in [5.74, 6) is 0. The molecule has 56 valence electrons. The molecule has 1 rings (SSSR count). The molecule has 1 aromatic heterocycles. The van der Waals surface area contributed by atoms with Crippen molar-refractivity contribution in [1.29, 1.82) is 5.26 Å². The van der Waals surface area contributed by atoms with Gasteiger partial charge in [-0.05, 0) is 24.5 Å². The van der Waals surface area contributed by atoms with Gasteiger partial charge >= 0.3 is 0 Å². The first-order chi connectivity index (χ1) is 5.29. The summed E-state index contributed by atoms with van der Waals surface area (Å²) in [5.41, 5.74) is 2.90. The minimum atomic E-state index is 0.685. The number of nitriles is 1. The minimum absolute atomic E-state index is 0.685. The van der Waals surface area contributed by atoms with Crippen LogP contribution in [0.4, 0.5) is 0 Å². The summed E-state index contributed by atoms with van der Waals surface area (Å²) in [6.07, 6.45) is 4.36. The standard InChI is InChI=1S/C9H10N2/c1-3-8-5-11-6-9(4-10)7(8)2/h5-6H,3H2,1-2H3. The second kappa shape index (κ2) is 3.16. The van der Waals surface area contributed by atoms with Crippen LogP contribution in [0.5, 0.6) is 0 Å². The molecule has 2 nitrogen and oxygen atoms in total. The van der Waals surface area contributed by atoms with Crippen LogP contribution in [0, 0.1) is 18.3 Å². The highest BCUT2D eigenvalue weighted by molar-refractivity contribution is 5.38. The third-order valence-electron chi connectivity index (χ3n) is 1.82. The molecule has 0 saturated carbocycles. The second-order valence-corrected chi connectivity index (χ2v) is 2.44. The molecule has 0 atom stereocenters. The molecule has 0 fully saturated rings. The van der Waals surface area contributed by atoms with E-state index in [4.69, 9.17) is 5.26 Å². The smallest absolute Gasteiger partial charge is 0.101 e. The summed E-state index contributed by atoms with van der Waals surface area (Å²) < 4.78 is 0. The Bertz CT molecular complexity index is 297. The van der Waals surface area contributed by atoms with Crippen LogP contribution in [0.3, 0.4) is 0 Å². The molecular formula is C9H10N2. The van der Waals surface area contributed by atoms with Crippen molar-refractivity contribution >= 4 is 0 Å². The van der Waals surface area contributed by atoms with Gasteiger partial charge in [0.25, 0.3) is 0 Å². The van der Waals surface area contributed by atoms with E-state index in [2.05, 4.69) is 18.0 Å². The Morgan fingerprint density at radius 1 is 1.55 bits per heavy atom. The summed E-state index contributed by atoms with van der Waals surface area (Å²) in [6.45, 7) is 4.02. The maximum Gasteiger partial charge on any atom is 0.101 e. The first kappa shape index (κ1) is 7.74. The molecule has 0 bridgehead atoms. The van der Waals surface area contributed by atoms with E-state index < -0.39 is 0 Å². The molecule has 0 unspecified atom stereocenters. The van der Waals surface area contributed by atoms with E-state index in [1.54, 1.807) is 6.20 Å². The van der Waals surface area contributed by atoms with Crippen molar-refractivity contribution in [2.75, 3.05) is 0 Å². The highest BCUT2D eigenvalue weighted by atomic mass is 14.6. The van der Waals surface area contributed by atoms with Crippen molar-refractivity contribution in [2.24, 2.45) is 0 Å². The Morgan fingerprint density at radius 3 is 2.82 bits per heavy atom. The highest BCUT2D eigenvalue weighted by Gasteiger charge is 2.00. The van der Waals surface area contributed by atoms with Gasteiger partial charge in [0.15, 0.2) is 0 Å². The van der Waals surface area contributed by atoms with Gasteiger partial charge in [-0.2, -0.15) is 5.26 Å². The predicted molar refractivity (Wildman–Crippen MR) is 43.1 cm³/mol. The largest absolute Gasteiger partial charge is 0.263 e. The Balaban J connectivity index is 3.23. The van der Waals surface area contributed by atoms with Gasteiger partial charge in [0.05, 0.1) is 5.56 Å². The SMILES string of the molecule is CCc1cncc(C#N)c1C. The molecule has 0 radical (unpaired) electrons. The van der Waals surface area contributed by atoms with Gasteiger partial charge in [-0.1, -0.05) is 6.92 Å². The van der Waals surface area contributed by atoms with E-state index in [1.165, 1.54) is 0 Å². The number of rotatable bonds is 1. The lowest BCUT2D eigenvalue weighted by Crippen LogP contribution is -1.91. The Hall–Kier alpha value is -1.36. The lowest BCUT2D eigenvalue weighted by Gasteiger charge is -2.01. The van der Waals surface area contributed by atoms with Crippen LogP contribution in [0.25, 0.3) is 0 Å². The monoisotopic (exact) mass is 146 g/mol. The van der Waals surface area contributed by atoms with Crippen LogP contribution in [-0.2, 0) is 6.42 Å². The van der Waals surface area contributed by atoms with Gasteiger partial charge in [-0.25, -0.2) is 0 Å². The molecule has 1 heterocycles. The van der Waals surface area contributed by atoms with Crippen LogP contribution in [0.2, 0.25) is 0 Å². The third-order valence-corrected chi connectivity index (χ3v) is 1.82. The van der Waals surface area contributed by atoms with Crippen molar-refractivity contribution in [1.82, 2.24) is 4.98 Å². The summed E-state index contributed by atoms with van der Waals surface area (Å²) in [7, 11) is 0. The van der Waals surface area contributed by atoms with Gasteiger partial charge < -0.3 is 0 Å². The van der Waals surface area contributed by atoms with Crippen molar-refractivity contribution < 1.29 is 0 Å². The van der Waals surface area contributed by atoms with Crippen molar-refractivity contribution in [3.8, 4) is 6.07 Å². The number of aryl methyl sites for hydroxylation is 1. The fourth-order valence-electron chi connectivity index (χ4n) is 1.04. The molecule has 0 amide bonds. The molecule has 0 N–H and O–H groups in total. The van der Waals surface area contributed by atoms with Crippen LogP contribution in [-0.4, -0.2) is 4.98 Å². The average Bonchev–Trinajstić information content (AvgIpc) is 2.05. The van der Waals surface area contributed by atoms with Crippen molar-refractivity contribution in [3.05, 3.63) is 29.1 Å². The van der Waals surface area contributed by atoms with Crippen LogP contribution in [0.1, 0.15) is 23.6 Å². The zero-order valence-electron chi connectivity index (χ0n) is 6.76. The number of hydrogen-bond donors (Lipinski definition) is 0. The molecule has 0 spiro atoms. The van der Waals surface area contributed by atoms with Crippen LogP contribution >= 0.6 is 0 Å². The average molecular weight is 146 g/mol. The van der Waals surface area contributed by atoms with Crippen molar-refractivity contribution in [3.63, 3.8) is 0 Å². The van der Waals surface area contributed by atoms with Gasteiger partial charge in [0.2, 0.25) is 0 Å². The number of nitrogens with zero attached hydrogens (tertiary/aromatic N) is 2. The number of aromatic nitrogens is 1. The normalized spacial score (nSPS) is 9.18. The van der Waals surface area contributed by atoms with Gasteiger partial charge in [0, 0.05) is 12.4 Å². The Kier molecular flexibility index (Phi) is 2.22. The molecule has 2 heteroatoms. The molecule has 0 aromatic carbocycles. The summed E-state index contributed by atoms with van der Waals surface area (Å²) >= 11 is 0. The summed E-state index contributed by atoms with van der Waals surface area (Å²) in [6, 6.07) is 2.11. The second-order valence-electron chi connectivity index (χ2n) is 2.44. The lowest BCUT2D eigenvalue weighted by molar-refractivity contribution is 1.06. The molecule has 0 aliphatic heterocycles. The van der Waals surface area contributed by atoms with E-state index in [-0.39, 0.29) is 0 Å². The number of pyridine rings is 1. The van der Waals surface area contributed by atoms with Gasteiger partial charge in [0.1, 0.15) is 6.07 Å². The summed E-state index contributed by atoms with van der Waals surface area (Å²) in [4.78, 5) is 3.96. The molecule has 0 aliphatic rings. The van der Waals surface area contributed by atoms with E-state index in [0.717, 1.165) is 17.5 Å². The molecule has 1 aromatic rings. The molecule has 0 aliphatic carbocycles. The molecular weight excluding hydrogens is 136 g/mol. The van der Waals surface area contributed by atoms with E-state index >= 15 is 0 Å². The fraction of sp³-hybridized carbons (Fsp3) is 0.333. The first-order valence-corrected chi connectivity index (χ1v) is 3.63. The van der Waals surface area contributed by atoms with Gasteiger partial charge in [-0.15, -0.1) is 0 Å². The van der Waals surface area contributed by atoms with E-state index in [0.29, 0.717) is 5.56 Å². The Morgan fingerprint density at radius 2 is 2.27 bits per heavy atom. The quantitative estimate of drug-likeness (QED) is 0.606. The summed E-state index contributed by atoms with van der Waals surface area (Å²) in [5, 5.41) is 8.65. The third kappa shape index (κ3) is 1.38. The van der Waals surface area contributed by atoms with Gasteiger partial charge in [-0.3, -0.25) is 4.98 Å². The zero-order chi connectivity index (χ0) is 8.27. The Labute approximate surface area is 66.5 Å². The zero-order valence-corrected chi connectivity index (χ0v) is 6.76. The van der Waals surface area contributed by atoms with Crippen LogP contribution in [0.15, 0.2) is 12.4 Å². The van der Waals surface area contributed by atoms with Crippen LogP contribution < -0.4 is 0 Å². The fourth-order valence-corrected chi connectivity index (χ4v) is 1.04. The maximum absolute atomic E-state index is 8.65. The van der Waals surface area contributed by atoms with E-state index in [9.17, 15) is 0 Å². The van der Waals surface area contributed by atoms with E-state index in [1.807, 2.05) is 13.1 Å².